The normalized spacial score (nSPS) is 11.3. The van der Waals surface area contributed by atoms with Crippen LogP contribution in [0.25, 0.3) is 11.1 Å². The van der Waals surface area contributed by atoms with Crippen molar-refractivity contribution >= 4 is 3.81 Å². The maximum atomic E-state index is 3.67. The molecule has 4 rings (SSSR count). The monoisotopic (exact) mass is 502 g/mol. The van der Waals surface area contributed by atoms with Gasteiger partial charge in [0.2, 0.25) is 0 Å². The molecule has 0 saturated heterocycles. The Kier molecular flexibility index (Phi) is 12.6. The first-order valence-corrected chi connectivity index (χ1v) is 11.6. The van der Waals surface area contributed by atoms with Crippen LogP contribution in [0.4, 0.5) is 0 Å². The largest absolute Gasteiger partial charge is 1.00 e. The number of fused-ring (bicyclic) bond motifs is 3. The molecule has 0 radical (unpaired) electrons. The summed E-state index contributed by atoms with van der Waals surface area (Å²) in [6, 6.07) is 25.2. The summed E-state index contributed by atoms with van der Waals surface area (Å²) in [5.74, 6) is 0. The number of rotatable bonds is 0. The van der Waals surface area contributed by atoms with E-state index in [1.54, 1.807) is 0 Å². The van der Waals surface area contributed by atoms with E-state index in [0.717, 1.165) is 6.42 Å². The van der Waals surface area contributed by atoms with Gasteiger partial charge in [0.1, 0.15) is 0 Å². The topological polar surface area (TPSA) is 0 Å². The van der Waals surface area contributed by atoms with Gasteiger partial charge in [-0.15, -0.1) is 11.1 Å². The van der Waals surface area contributed by atoms with Gasteiger partial charge in [0.15, 0.2) is 0 Å². The molecule has 0 aliphatic heterocycles. The molecule has 0 heterocycles. The van der Waals surface area contributed by atoms with Gasteiger partial charge in [0, 0.05) is 0 Å². The molecular weight excluding hydrogens is 467 g/mol. The van der Waals surface area contributed by atoms with E-state index in [-0.39, 0.29) is 35.6 Å². The third kappa shape index (κ3) is 9.07. The summed E-state index contributed by atoms with van der Waals surface area (Å²) in [6.45, 7) is 17.8. The number of hydrogen-bond acceptors (Lipinski definition) is 0. The molecule has 0 aromatic heterocycles. The molecule has 0 atom stereocenters. The number of halogens is 2. The Hall–Kier alpha value is -1.05. The van der Waals surface area contributed by atoms with E-state index in [2.05, 4.69) is 112 Å². The van der Waals surface area contributed by atoms with Crippen LogP contribution < -0.4 is 24.8 Å². The van der Waals surface area contributed by atoms with E-state index in [4.69, 9.17) is 0 Å². The van der Waals surface area contributed by atoms with E-state index < -0.39 is 0 Å². The van der Waals surface area contributed by atoms with E-state index >= 15 is 0 Å². The van der Waals surface area contributed by atoms with Crippen LogP contribution in [0, 0.1) is 6.07 Å². The summed E-state index contributed by atoms with van der Waals surface area (Å²) in [5, 5.41) is 0. The van der Waals surface area contributed by atoms with Crippen molar-refractivity contribution in [2.45, 2.75) is 72.6 Å². The summed E-state index contributed by atoms with van der Waals surface area (Å²) in [5.41, 5.74) is 8.70. The van der Waals surface area contributed by atoms with Crippen LogP contribution in [0.1, 0.15) is 77.6 Å². The molecule has 0 nitrogen and oxygen atoms in total. The summed E-state index contributed by atoms with van der Waals surface area (Å²) >= 11 is 2.08. The first kappa shape index (κ1) is 31.0. The van der Waals surface area contributed by atoms with Gasteiger partial charge in [-0.2, -0.15) is 42.0 Å². The second-order valence-corrected chi connectivity index (χ2v) is 11.8. The number of benzene rings is 2. The minimum atomic E-state index is 0. The van der Waals surface area contributed by atoms with E-state index in [1.165, 1.54) is 37.2 Å². The molecule has 1 aliphatic carbocycles. The van der Waals surface area contributed by atoms with Crippen molar-refractivity contribution in [2.75, 3.05) is 0 Å². The third-order valence-electron chi connectivity index (χ3n) is 5.02. The molecule has 1 aliphatic rings. The van der Waals surface area contributed by atoms with Gasteiger partial charge in [-0.05, 0) is 28.4 Å². The van der Waals surface area contributed by atoms with Gasteiger partial charge >= 0.3 is 37.6 Å². The van der Waals surface area contributed by atoms with Crippen LogP contribution in [-0.2, 0) is 37.2 Å². The Morgan fingerprint density at radius 1 is 0.844 bits per heavy atom. The van der Waals surface area contributed by atoms with Gasteiger partial charge in [-0.1, -0.05) is 65.3 Å². The second-order valence-electron chi connectivity index (χ2n) is 10.3. The zero-order valence-electron chi connectivity index (χ0n) is 20.7. The standard InChI is InChI=1S/C21H25.C5H5.C3H6.2ClH.Ti/c1-20(2,3)16-7-9-18-14(12-16)11-15-13-17(21(4,5)6)8-10-19(15)18;1-2-4-5-3-1;1-3-2;;;/h7-10,12H,11H2,1-6H3;1-5H;1-2H3;2*1H;/q2*-1;;;;+2/p-2. The van der Waals surface area contributed by atoms with Crippen LogP contribution in [-0.4, -0.2) is 3.81 Å². The first-order valence-electron chi connectivity index (χ1n) is 10.8. The van der Waals surface area contributed by atoms with E-state index in [9.17, 15) is 0 Å². The molecular formula is C29H36Cl2Ti-2. The molecule has 3 aromatic carbocycles. The Bertz CT molecular complexity index is 889. The van der Waals surface area contributed by atoms with Crippen molar-refractivity contribution < 1.29 is 44.8 Å². The van der Waals surface area contributed by atoms with Gasteiger partial charge in [-0.25, -0.2) is 12.1 Å². The zero-order chi connectivity index (χ0) is 22.5. The van der Waals surface area contributed by atoms with Crippen molar-refractivity contribution in [1.29, 1.82) is 0 Å². The fraction of sp³-hybridized carbons (Fsp3) is 0.379. The fourth-order valence-corrected chi connectivity index (χ4v) is 3.35. The quantitative estimate of drug-likeness (QED) is 0.254. The molecule has 3 heteroatoms. The predicted octanol–water partition coefficient (Wildman–Crippen LogP) is 1.81. The molecule has 0 N–H and O–H groups in total. The first-order chi connectivity index (χ1) is 13.9. The van der Waals surface area contributed by atoms with Crippen LogP contribution in [0.15, 0.2) is 60.7 Å². The van der Waals surface area contributed by atoms with Crippen molar-refractivity contribution in [3.8, 4) is 11.1 Å². The fourth-order valence-electron chi connectivity index (χ4n) is 3.35. The average molecular weight is 503 g/mol. The Labute approximate surface area is 220 Å². The van der Waals surface area contributed by atoms with Crippen molar-refractivity contribution in [3.63, 3.8) is 0 Å². The Morgan fingerprint density at radius 3 is 1.81 bits per heavy atom. The predicted molar refractivity (Wildman–Crippen MR) is 129 cm³/mol. The molecule has 0 fully saturated rings. The summed E-state index contributed by atoms with van der Waals surface area (Å²) in [6.07, 6.45) is 1.03. The Balaban J connectivity index is 0.000000739. The molecule has 32 heavy (non-hydrogen) atoms. The molecule has 0 spiro atoms. The van der Waals surface area contributed by atoms with E-state index in [0.29, 0.717) is 0 Å². The minimum absolute atomic E-state index is 0. The van der Waals surface area contributed by atoms with Crippen molar-refractivity contribution in [2.24, 2.45) is 0 Å². The summed E-state index contributed by atoms with van der Waals surface area (Å²) < 4.78 is 1.42. The van der Waals surface area contributed by atoms with Gasteiger partial charge in [-0.3, -0.25) is 0 Å². The van der Waals surface area contributed by atoms with Crippen molar-refractivity contribution in [1.82, 2.24) is 0 Å². The van der Waals surface area contributed by atoms with Crippen LogP contribution in [0.3, 0.4) is 0 Å². The zero-order valence-corrected chi connectivity index (χ0v) is 23.8. The Morgan fingerprint density at radius 2 is 1.38 bits per heavy atom. The van der Waals surface area contributed by atoms with Crippen LogP contribution in [0.2, 0.25) is 0 Å². The molecule has 0 unspecified atom stereocenters. The van der Waals surface area contributed by atoms with Crippen molar-refractivity contribution in [3.05, 3.63) is 89.0 Å². The average Bonchev–Trinajstić information content (AvgIpc) is 3.30. The third-order valence-corrected chi connectivity index (χ3v) is 5.02. The van der Waals surface area contributed by atoms with Gasteiger partial charge < -0.3 is 24.8 Å². The van der Waals surface area contributed by atoms with Gasteiger partial charge in [0.05, 0.1) is 0 Å². The molecule has 3 aromatic rings. The number of hydrogen-bond donors (Lipinski definition) is 0. The molecule has 172 valence electrons. The molecule has 0 saturated carbocycles. The van der Waals surface area contributed by atoms with Crippen LogP contribution >= 0.6 is 0 Å². The van der Waals surface area contributed by atoms with Crippen LogP contribution in [0.5, 0.6) is 0 Å². The summed E-state index contributed by atoms with van der Waals surface area (Å²) in [7, 11) is 0. The molecule has 0 bridgehead atoms. The van der Waals surface area contributed by atoms with E-state index in [1.807, 2.05) is 30.3 Å². The molecule has 0 amide bonds. The van der Waals surface area contributed by atoms with Gasteiger partial charge in [0.25, 0.3) is 0 Å². The second kappa shape index (κ2) is 13.0. The summed E-state index contributed by atoms with van der Waals surface area (Å²) in [4.78, 5) is 0. The maximum absolute atomic E-state index is 3.67. The minimum Gasteiger partial charge on any atom is -1.00 e. The smallest absolute Gasteiger partial charge is 0.172 e. The maximum Gasteiger partial charge on any atom is -0.172 e. The SMILES string of the molecule is CC(C)(C)c1[c-]c2c(cc1)-c1ccc(C(C)(C)C)cc1C2.C[C](C)=[Ti+2].[Cl-].[Cl-].c1cc[cH-]c1.